The topological polar surface area (TPSA) is 292 Å². The molecular formula is C80H56N4O20. The van der Waals surface area contributed by atoms with Crippen LogP contribution in [0.25, 0.3) is 21.5 Å². The van der Waals surface area contributed by atoms with Gasteiger partial charge in [0.05, 0.1) is 22.3 Å². The van der Waals surface area contributed by atoms with E-state index in [9.17, 15) is 19.2 Å². The Hall–Kier alpha value is -13.6. The molecule has 15 aliphatic rings. The average molecular weight is 1390 g/mol. The first-order chi connectivity index (χ1) is 50.6. The molecule has 25 rings (SSSR count). The SMILES string of the molecule is O=C1OC[C@H](COc2ccccc2)N2C(=O)c3ccc4c5c(ccc(c35)C2=O)C(=O)N(C4=O)[C@@H](COc2ccccc2)COC(=O)c2ccccc2C(=O)OC[C@H](COc2ccccc2)N2C(=O)c3ccc4c5c(ccc(c35)C2=O)C(=O)N(C4=O)[C@@H](COc2ccccc2)COC(=O)c2ccccc21. The van der Waals surface area contributed by atoms with E-state index in [0.29, 0.717) is 23.0 Å². The van der Waals surface area contributed by atoms with Gasteiger partial charge in [0.15, 0.2) is 0 Å². The summed E-state index contributed by atoms with van der Waals surface area (Å²) in [4.78, 5) is 183. The molecule has 4 atom stereocenters. The average Bonchev–Trinajstić information content (AvgIpc) is 0.714. The maximum absolute atomic E-state index is 15.1. The fraction of sp³-hybridized carbons (Fsp3) is 0.150. The van der Waals surface area contributed by atoms with Crippen LogP contribution in [-0.2, 0) is 18.9 Å². The van der Waals surface area contributed by atoms with Crippen molar-refractivity contribution in [1.82, 2.24) is 19.6 Å². The Bertz CT molecular complexity index is 4480. The number of benzene rings is 10. The second-order valence-corrected chi connectivity index (χ2v) is 24.7. The largest absolute Gasteiger partial charge is 0.491 e. The van der Waals surface area contributed by atoms with E-state index < -0.39 is 148 Å². The summed E-state index contributed by atoms with van der Waals surface area (Å²) in [5.74, 6) is -10.5. The highest BCUT2D eigenvalue weighted by Crippen LogP contribution is 2.42. The van der Waals surface area contributed by atoms with Gasteiger partial charge in [0.25, 0.3) is 47.3 Å². The molecule has 24 nitrogen and oxygen atoms in total. The van der Waals surface area contributed by atoms with Gasteiger partial charge in [-0.2, -0.15) is 0 Å². The number of esters is 4. The smallest absolute Gasteiger partial charge is 0.339 e. The predicted molar refractivity (Wildman–Crippen MR) is 367 cm³/mol. The molecule has 0 spiro atoms. The minimum absolute atomic E-state index is 0.0267. The molecule has 16 bridgehead atoms. The summed E-state index contributed by atoms with van der Waals surface area (Å²) in [7, 11) is 0. The number of hydrogen-bond acceptors (Lipinski definition) is 20. The molecule has 0 radical (unpaired) electrons. The lowest BCUT2D eigenvalue weighted by molar-refractivity contribution is 0.0195. The summed E-state index contributed by atoms with van der Waals surface area (Å²) in [6.07, 6.45) is 0. The Morgan fingerprint density at radius 2 is 0.385 bits per heavy atom. The van der Waals surface area contributed by atoms with Gasteiger partial charge in [-0.1, -0.05) is 97.1 Å². The molecule has 104 heavy (non-hydrogen) atoms. The van der Waals surface area contributed by atoms with Crippen molar-refractivity contribution < 1.29 is 95.4 Å². The summed E-state index contributed by atoms with van der Waals surface area (Å²) < 4.78 is 48.2. The number of rotatable bonds is 12. The van der Waals surface area contributed by atoms with Crippen molar-refractivity contribution in [1.29, 1.82) is 0 Å². The third kappa shape index (κ3) is 12.1. The van der Waals surface area contributed by atoms with E-state index in [2.05, 4.69) is 0 Å². The molecule has 0 saturated heterocycles. The lowest BCUT2D eigenvalue weighted by atomic mass is 9.85. The van der Waals surface area contributed by atoms with Crippen LogP contribution >= 0.6 is 0 Å². The van der Waals surface area contributed by atoms with E-state index in [1.165, 1.54) is 97.1 Å². The number of amides is 8. The molecule has 10 aromatic rings. The van der Waals surface area contributed by atoms with Crippen molar-refractivity contribution in [3.8, 4) is 23.0 Å². The molecule has 10 aromatic carbocycles. The summed E-state index contributed by atoms with van der Waals surface area (Å²) >= 11 is 0. The van der Waals surface area contributed by atoms with Crippen LogP contribution in [0.3, 0.4) is 0 Å². The number of imide groups is 4. The van der Waals surface area contributed by atoms with Crippen molar-refractivity contribution in [2.45, 2.75) is 24.2 Å². The normalized spacial score (nSPS) is 18.5. The number of carbonyl (C=O) groups is 12. The molecule has 0 unspecified atom stereocenters. The lowest BCUT2D eigenvalue weighted by Crippen LogP contribution is -2.53. The number of ether oxygens (including phenoxy) is 8. The zero-order valence-corrected chi connectivity index (χ0v) is 54.7. The Morgan fingerprint density at radius 1 is 0.221 bits per heavy atom. The molecule has 516 valence electrons. The Balaban J connectivity index is 0.811. The molecule has 15 aliphatic heterocycles. The van der Waals surface area contributed by atoms with Crippen LogP contribution in [0, 0.1) is 0 Å². The molecule has 0 aromatic heterocycles. The van der Waals surface area contributed by atoms with Gasteiger partial charge in [-0.15, -0.1) is 0 Å². The third-order valence-electron chi connectivity index (χ3n) is 18.5. The maximum atomic E-state index is 15.1. The van der Waals surface area contributed by atoms with Crippen LogP contribution in [0.5, 0.6) is 23.0 Å². The fourth-order valence-electron chi connectivity index (χ4n) is 13.5. The van der Waals surface area contributed by atoms with E-state index >= 15 is 38.4 Å². The second kappa shape index (κ2) is 27.8. The molecule has 0 N–H and O–H groups in total. The zero-order chi connectivity index (χ0) is 71.9. The van der Waals surface area contributed by atoms with Gasteiger partial charge >= 0.3 is 23.9 Å². The first-order valence-corrected chi connectivity index (χ1v) is 32.9. The van der Waals surface area contributed by atoms with E-state index in [1.807, 2.05) is 0 Å². The second-order valence-electron chi connectivity index (χ2n) is 24.7. The Morgan fingerprint density at radius 3 is 0.558 bits per heavy atom. The van der Waals surface area contributed by atoms with Crippen molar-refractivity contribution in [2.75, 3.05) is 52.9 Å². The van der Waals surface area contributed by atoms with Crippen LogP contribution in [0.15, 0.2) is 218 Å². The molecular weight excluding hydrogens is 1340 g/mol. The van der Waals surface area contributed by atoms with Gasteiger partial charge in [-0.25, -0.2) is 19.2 Å². The van der Waals surface area contributed by atoms with Crippen molar-refractivity contribution in [3.63, 3.8) is 0 Å². The highest BCUT2D eigenvalue weighted by atomic mass is 16.6. The van der Waals surface area contributed by atoms with E-state index in [1.54, 1.807) is 121 Å². The number of hydrogen-bond donors (Lipinski definition) is 0. The van der Waals surface area contributed by atoms with Gasteiger partial charge < -0.3 is 37.9 Å². The molecule has 24 heteroatoms. The van der Waals surface area contributed by atoms with Gasteiger partial charge in [0.1, 0.15) is 100 Å². The summed E-state index contributed by atoms with van der Waals surface area (Å²) in [5.41, 5.74) is -2.22. The predicted octanol–water partition coefficient (Wildman–Crippen LogP) is 9.91. The van der Waals surface area contributed by atoms with Crippen LogP contribution in [-0.4, -0.2) is 168 Å². The molecule has 0 aliphatic carbocycles. The zero-order valence-electron chi connectivity index (χ0n) is 54.7. The molecule has 8 amide bonds. The van der Waals surface area contributed by atoms with Crippen molar-refractivity contribution >= 4 is 92.7 Å². The van der Waals surface area contributed by atoms with Gasteiger partial charge in [-0.05, 0) is 121 Å². The maximum Gasteiger partial charge on any atom is 0.339 e. The number of nitrogens with zero attached hydrogens (tertiary/aromatic N) is 4. The van der Waals surface area contributed by atoms with E-state index in [0.717, 1.165) is 19.6 Å². The minimum atomic E-state index is -1.40. The Kier molecular flexibility index (Phi) is 17.7. The Labute approximate surface area is 590 Å². The highest BCUT2D eigenvalue weighted by molar-refractivity contribution is 6.35. The lowest BCUT2D eigenvalue weighted by Gasteiger charge is -2.36. The summed E-state index contributed by atoms with van der Waals surface area (Å²) in [6, 6.07) is 49.3. The fourth-order valence-corrected chi connectivity index (χ4v) is 13.5. The van der Waals surface area contributed by atoms with Crippen LogP contribution in [0.1, 0.15) is 124 Å². The van der Waals surface area contributed by atoms with Crippen LogP contribution in [0.2, 0.25) is 0 Å². The monoisotopic (exact) mass is 1390 g/mol. The molecule has 0 fully saturated rings. The quantitative estimate of drug-likeness (QED) is 0.0624. The first kappa shape index (κ1) is 66.3. The van der Waals surface area contributed by atoms with Gasteiger partial charge in [0.2, 0.25) is 0 Å². The van der Waals surface area contributed by atoms with Gasteiger partial charge in [-0.3, -0.25) is 58.0 Å². The summed E-state index contributed by atoms with van der Waals surface area (Å²) in [6.45, 7) is -4.69. The number of para-hydroxylation sites is 4. The standard InChI is InChI=1S/C80H56N4O20/c85-69-57-29-31-59-66-60-32-30-58(65(57)66)70(86)81(69)45(37-97-49-17-5-1-6-18-49)41-101-77(93)53-25-13-14-26-54(53)78(94)102-42-46(38-98-50-19-7-2-8-20-50)83-73(89)61-33-35-63-68-64(36-34-62(67(61)68)74(83)90)76(92)84(75(63)91)48(40-100-52-23-11-4-12-24-52)44-104-80(96)56-28-16-15-27-55(56)79(95)103-43-47(82(71(59)87)72(60)88)39-99-51-21-9-3-10-22-51/h1-36,45-48H,37-44H2/t45-,46-,47-,48-/m0/s1. The minimum Gasteiger partial charge on any atom is -0.491 e. The van der Waals surface area contributed by atoms with Crippen molar-refractivity contribution in [3.05, 3.63) is 285 Å². The number of carbonyl (C=O) groups excluding carboxylic acids is 12. The van der Waals surface area contributed by atoms with Gasteiger partial charge in [0, 0.05) is 66.1 Å². The van der Waals surface area contributed by atoms with Crippen LogP contribution < -0.4 is 18.9 Å². The first-order valence-electron chi connectivity index (χ1n) is 32.9. The molecule has 0 saturated carbocycles. The third-order valence-corrected chi connectivity index (χ3v) is 18.5. The van der Waals surface area contributed by atoms with E-state index in [4.69, 9.17) is 37.9 Å². The van der Waals surface area contributed by atoms with E-state index in [-0.39, 0.29) is 88.3 Å². The molecule has 15 heterocycles. The summed E-state index contributed by atoms with van der Waals surface area (Å²) in [5, 5.41) is -0.107. The van der Waals surface area contributed by atoms with Crippen molar-refractivity contribution in [2.24, 2.45) is 0 Å². The van der Waals surface area contributed by atoms with Crippen LogP contribution in [0.4, 0.5) is 0 Å². The highest BCUT2D eigenvalue weighted by Gasteiger charge is 2.47.